The molecule has 0 radical (unpaired) electrons. The molecule has 0 heterocycles. The fourth-order valence-electron chi connectivity index (χ4n) is 5.75. The molecule has 0 aliphatic carbocycles. The Labute approximate surface area is 314 Å². The number of carbonyl (C=O) groups excluding carboxylic acids is 2. The topological polar surface area (TPSA) is 94.5 Å². The van der Waals surface area contributed by atoms with Crippen molar-refractivity contribution in [2.75, 3.05) is 52.7 Å². The number of ether oxygens (including phenoxy) is 4. The van der Waals surface area contributed by atoms with E-state index >= 15 is 0 Å². The van der Waals surface area contributed by atoms with Crippen LogP contribution in [0.3, 0.4) is 0 Å². The molecule has 0 aromatic carbocycles. The lowest BCUT2D eigenvalue weighted by molar-refractivity contribution is -0.161. The van der Waals surface area contributed by atoms with Gasteiger partial charge in [0.1, 0.15) is 13.2 Å². The second kappa shape index (κ2) is 41.0. The summed E-state index contributed by atoms with van der Waals surface area (Å²) in [5.41, 5.74) is 0. The first-order valence-electron chi connectivity index (χ1n) is 21.2. The minimum Gasteiger partial charge on any atom is -0.462 e. The molecular formula is C43H81NO7. The number of carbonyl (C=O) groups is 2. The number of hydrogen-bond acceptors (Lipinski definition) is 8. The summed E-state index contributed by atoms with van der Waals surface area (Å²) < 4.78 is 22.6. The van der Waals surface area contributed by atoms with E-state index in [2.05, 4.69) is 50.0 Å². The second-order valence-corrected chi connectivity index (χ2v) is 13.9. The SMILES string of the molecule is CCCCC/C=C\C/C=C\CCCCCCCCN(CCCCO)CCC(=O)OCCOC(=O)CCC(OCCCCCC)OCCCCCC. The third-order valence-corrected chi connectivity index (χ3v) is 8.99. The maximum absolute atomic E-state index is 12.4. The van der Waals surface area contributed by atoms with Gasteiger partial charge in [-0.25, -0.2) is 0 Å². The molecule has 300 valence electrons. The lowest BCUT2D eigenvalue weighted by Gasteiger charge is -2.22. The number of nitrogens with zero attached hydrogens (tertiary/aromatic N) is 1. The van der Waals surface area contributed by atoms with E-state index in [0.29, 0.717) is 32.6 Å². The number of rotatable bonds is 40. The molecule has 0 aromatic rings. The Bertz CT molecular complexity index is 789. The van der Waals surface area contributed by atoms with Crippen molar-refractivity contribution in [2.45, 2.75) is 188 Å². The van der Waals surface area contributed by atoms with Crippen LogP contribution in [0.5, 0.6) is 0 Å². The number of aliphatic hydroxyl groups excluding tert-OH is 1. The fourth-order valence-corrected chi connectivity index (χ4v) is 5.75. The van der Waals surface area contributed by atoms with Crippen molar-refractivity contribution in [1.82, 2.24) is 4.90 Å². The van der Waals surface area contributed by atoms with Crippen LogP contribution in [-0.4, -0.2) is 80.9 Å². The van der Waals surface area contributed by atoms with Crippen LogP contribution >= 0.6 is 0 Å². The van der Waals surface area contributed by atoms with Crippen LogP contribution in [0.25, 0.3) is 0 Å². The van der Waals surface area contributed by atoms with E-state index in [0.717, 1.165) is 64.5 Å². The summed E-state index contributed by atoms with van der Waals surface area (Å²) in [6.07, 6.45) is 35.2. The third-order valence-electron chi connectivity index (χ3n) is 8.99. The zero-order valence-electron chi connectivity index (χ0n) is 33.6. The van der Waals surface area contributed by atoms with Crippen LogP contribution in [0.4, 0.5) is 0 Å². The summed E-state index contributed by atoms with van der Waals surface area (Å²) in [7, 11) is 0. The summed E-state index contributed by atoms with van der Waals surface area (Å²) >= 11 is 0. The lowest BCUT2D eigenvalue weighted by atomic mass is 10.1. The molecule has 0 saturated carbocycles. The highest BCUT2D eigenvalue weighted by Gasteiger charge is 2.14. The molecule has 0 saturated heterocycles. The first-order valence-corrected chi connectivity index (χ1v) is 21.2. The molecule has 0 fully saturated rings. The van der Waals surface area contributed by atoms with Crippen LogP contribution in [0.1, 0.15) is 181 Å². The van der Waals surface area contributed by atoms with Gasteiger partial charge in [-0.15, -0.1) is 0 Å². The fraction of sp³-hybridized carbons (Fsp3) is 0.860. The maximum Gasteiger partial charge on any atom is 0.307 e. The molecule has 0 spiro atoms. The molecule has 0 bridgehead atoms. The first-order chi connectivity index (χ1) is 25.1. The summed E-state index contributed by atoms with van der Waals surface area (Å²) in [5, 5.41) is 9.21. The average molecular weight is 724 g/mol. The van der Waals surface area contributed by atoms with Crippen LogP contribution < -0.4 is 0 Å². The standard InChI is InChI=1S/C43H81NO7/c1-4-7-10-13-14-15-16-17-18-19-20-21-22-23-24-25-33-44(34-26-27-36-45)35-32-42(47)49-40-39-48-41(46)30-31-43(50-37-28-11-8-5-2)51-38-29-12-9-6-3/h14-15,17-18,43,45H,4-13,16,19-40H2,1-3H3/b15-14-,18-17-. The Kier molecular flexibility index (Phi) is 39.6. The third kappa shape index (κ3) is 37.8. The Hall–Kier alpha value is -1.74. The molecule has 0 aromatic heterocycles. The van der Waals surface area contributed by atoms with Crippen molar-refractivity contribution in [1.29, 1.82) is 0 Å². The van der Waals surface area contributed by atoms with Crippen molar-refractivity contribution < 1.29 is 33.6 Å². The largest absolute Gasteiger partial charge is 0.462 e. The van der Waals surface area contributed by atoms with E-state index in [1.54, 1.807) is 0 Å². The summed E-state index contributed by atoms with van der Waals surface area (Å²) in [6, 6.07) is 0. The van der Waals surface area contributed by atoms with Crippen LogP contribution in [0.2, 0.25) is 0 Å². The van der Waals surface area contributed by atoms with Crippen LogP contribution in [0, 0.1) is 0 Å². The van der Waals surface area contributed by atoms with Crippen molar-refractivity contribution in [2.24, 2.45) is 0 Å². The van der Waals surface area contributed by atoms with Gasteiger partial charge in [-0.05, 0) is 77.3 Å². The molecule has 0 amide bonds. The minimum absolute atomic E-state index is 0.0536. The molecule has 0 unspecified atom stereocenters. The van der Waals surface area contributed by atoms with Gasteiger partial charge in [-0.2, -0.15) is 0 Å². The number of hydrogen-bond donors (Lipinski definition) is 1. The van der Waals surface area contributed by atoms with Gasteiger partial charge in [-0.3, -0.25) is 9.59 Å². The number of esters is 2. The molecule has 0 atom stereocenters. The van der Waals surface area contributed by atoms with E-state index in [-0.39, 0.29) is 38.2 Å². The highest BCUT2D eigenvalue weighted by molar-refractivity contribution is 5.70. The highest BCUT2D eigenvalue weighted by Crippen LogP contribution is 2.12. The van der Waals surface area contributed by atoms with E-state index in [1.807, 2.05) is 0 Å². The molecule has 51 heavy (non-hydrogen) atoms. The van der Waals surface area contributed by atoms with Crippen molar-refractivity contribution in [3.63, 3.8) is 0 Å². The number of unbranched alkanes of at least 4 members (excludes halogenated alkanes) is 16. The molecule has 8 nitrogen and oxygen atoms in total. The van der Waals surface area contributed by atoms with Gasteiger partial charge in [0.05, 0.1) is 12.8 Å². The Morgan fingerprint density at radius 1 is 0.529 bits per heavy atom. The Morgan fingerprint density at radius 3 is 1.57 bits per heavy atom. The smallest absolute Gasteiger partial charge is 0.307 e. The summed E-state index contributed by atoms with van der Waals surface area (Å²) in [5.74, 6) is -0.605. The van der Waals surface area contributed by atoms with E-state index < -0.39 is 6.29 Å². The Balaban J connectivity index is 4.14. The monoisotopic (exact) mass is 724 g/mol. The first kappa shape index (κ1) is 49.3. The van der Waals surface area contributed by atoms with Crippen molar-refractivity contribution >= 4 is 11.9 Å². The van der Waals surface area contributed by atoms with Gasteiger partial charge in [0.2, 0.25) is 0 Å². The molecule has 0 rings (SSSR count). The average Bonchev–Trinajstić information content (AvgIpc) is 3.13. The van der Waals surface area contributed by atoms with Crippen molar-refractivity contribution in [3.8, 4) is 0 Å². The lowest BCUT2D eigenvalue weighted by Crippen LogP contribution is -2.29. The Morgan fingerprint density at radius 2 is 1.00 bits per heavy atom. The molecule has 0 aliphatic rings. The molecule has 8 heteroatoms. The predicted octanol–water partition coefficient (Wildman–Crippen LogP) is 10.7. The normalized spacial score (nSPS) is 11.9. The second-order valence-electron chi connectivity index (χ2n) is 13.9. The number of allylic oxidation sites excluding steroid dienone is 4. The van der Waals surface area contributed by atoms with Crippen LogP contribution in [0.15, 0.2) is 24.3 Å². The predicted molar refractivity (Wildman–Crippen MR) is 212 cm³/mol. The molecule has 1 N–H and O–H groups in total. The summed E-state index contributed by atoms with van der Waals surface area (Å²) in [6.45, 7) is 10.7. The quantitative estimate of drug-likeness (QED) is 0.0289. The van der Waals surface area contributed by atoms with Gasteiger partial charge in [0, 0.05) is 32.8 Å². The zero-order valence-corrected chi connectivity index (χ0v) is 33.6. The van der Waals surface area contributed by atoms with Crippen LogP contribution in [-0.2, 0) is 28.5 Å². The van der Waals surface area contributed by atoms with E-state index in [9.17, 15) is 14.7 Å². The molecular weight excluding hydrogens is 642 g/mol. The number of aliphatic hydroxyl groups is 1. The van der Waals surface area contributed by atoms with Gasteiger partial charge in [-0.1, -0.05) is 122 Å². The van der Waals surface area contributed by atoms with Gasteiger partial charge in [0.25, 0.3) is 0 Å². The minimum atomic E-state index is -0.394. The highest BCUT2D eigenvalue weighted by atomic mass is 16.7. The van der Waals surface area contributed by atoms with Gasteiger partial charge >= 0.3 is 11.9 Å². The van der Waals surface area contributed by atoms with Crippen molar-refractivity contribution in [3.05, 3.63) is 24.3 Å². The molecule has 0 aliphatic heterocycles. The van der Waals surface area contributed by atoms with Gasteiger partial charge < -0.3 is 29.0 Å². The summed E-state index contributed by atoms with van der Waals surface area (Å²) in [4.78, 5) is 27.1. The zero-order chi connectivity index (χ0) is 37.3. The maximum atomic E-state index is 12.4. The van der Waals surface area contributed by atoms with E-state index in [1.165, 1.54) is 89.9 Å². The van der Waals surface area contributed by atoms with E-state index in [4.69, 9.17) is 18.9 Å². The van der Waals surface area contributed by atoms with Gasteiger partial charge in [0.15, 0.2) is 6.29 Å².